The van der Waals surface area contributed by atoms with Gasteiger partial charge in [0.05, 0.1) is 17.8 Å². The van der Waals surface area contributed by atoms with Gasteiger partial charge in [0.25, 0.3) is 5.56 Å². The molecule has 4 aromatic rings. The van der Waals surface area contributed by atoms with E-state index in [1.54, 1.807) is 21.6 Å². The van der Waals surface area contributed by atoms with Gasteiger partial charge in [-0.2, -0.15) is 4.98 Å². The summed E-state index contributed by atoms with van der Waals surface area (Å²) in [7, 11) is 2.15. The summed E-state index contributed by atoms with van der Waals surface area (Å²) in [6.45, 7) is 11.7. The lowest BCUT2D eigenvalue weighted by Gasteiger charge is -2.34. The number of fused-ring (bicyclic) bond motifs is 2. The maximum atomic E-state index is 13.4. The zero-order chi connectivity index (χ0) is 28.7. The molecule has 1 fully saturated rings. The molecule has 2 N–H and O–H groups in total. The van der Waals surface area contributed by atoms with Gasteiger partial charge in [-0.3, -0.25) is 9.59 Å². The number of hydrogen-bond donors (Lipinski definition) is 2. The van der Waals surface area contributed by atoms with Crippen LogP contribution in [0.25, 0.3) is 16.9 Å². The highest BCUT2D eigenvalue weighted by Crippen LogP contribution is 2.36. The van der Waals surface area contributed by atoms with Crippen LogP contribution in [0.5, 0.6) is 0 Å². The molecule has 6 rings (SSSR count). The zero-order valence-corrected chi connectivity index (χ0v) is 23.7. The minimum absolute atomic E-state index is 0.109. The molecular formula is C30H35N9O2. The Morgan fingerprint density at radius 2 is 1.85 bits per heavy atom. The average Bonchev–Trinajstić information content (AvgIpc) is 3.42. The molecule has 1 aliphatic carbocycles. The first-order chi connectivity index (χ1) is 19.8. The first-order valence-corrected chi connectivity index (χ1v) is 14.0. The van der Waals surface area contributed by atoms with Crippen LogP contribution >= 0.6 is 0 Å². The van der Waals surface area contributed by atoms with E-state index >= 15 is 0 Å². The van der Waals surface area contributed by atoms with Gasteiger partial charge in [0.1, 0.15) is 5.39 Å². The number of pyridine rings is 1. The van der Waals surface area contributed by atoms with Gasteiger partial charge in [-0.05, 0) is 62.7 Å². The fraction of sp³-hybridized carbons (Fsp3) is 0.367. The van der Waals surface area contributed by atoms with E-state index in [2.05, 4.69) is 51.2 Å². The van der Waals surface area contributed by atoms with E-state index in [1.807, 2.05) is 31.2 Å². The van der Waals surface area contributed by atoms with Crippen LogP contribution in [0.15, 0.2) is 60.0 Å². The minimum atomic E-state index is -0.582. The van der Waals surface area contributed by atoms with Crippen molar-refractivity contribution in [1.29, 1.82) is 0 Å². The lowest BCUT2D eigenvalue weighted by atomic mass is 9.99. The number of carbonyl (C=O) groups is 1. The van der Waals surface area contributed by atoms with E-state index in [0.29, 0.717) is 22.8 Å². The lowest BCUT2D eigenvalue weighted by Crippen LogP contribution is -2.44. The lowest BCUT2D eigenvalue weighted by molar-refractivity contribution is -0.120. The van der Waals surface area contributed by atoms with E-state index in [9.17, 15) is 9.59 Å². The Labute approximate surface area is 238 Å². The quantitative estimate of drug-likeness (QED) is 0.336. The summed E-state index contributed by atoms with van der Waals surface area (Å²) in [5.41, 5.74) is 3.55. The molecule has 0 bridgehead atoms. The molecule has 11 nitrogen and oxygen atoms in total. The monoisotopic (exact) mass is 553 g/mol. The average molecular weight is 554 g/mol. The van der Waals surface area contributed by atoms with Gasteiger partial charge < -0.3 is 20.4 Å². The molecule has 1 aromatic carbocycles. The SMILES string of the molecule is C=CCn1c(=O)c2cnc(Nc3ccc(N4CCN(C)CC4)cc3)nc2n1-c1ccc2c(n1)[C@@](C)(NC(C)=O)CC2. The van der Waals surface area contributed by atoms with Crippen molar-refractivity contribution in [1.82, 2.24) is 34.5 Å². The molecule has 2 aliphatic rings. The molecule has 4 heterocycles. The van der Waals surface area contributed by atoms with Crippen molar-refractivity contribution < 1.29 is 4.79 Å². The topological polar surface area (TPSA) is 113 Å². The van der Waals surface area contributed by atoms with E-state index < -0.39 is 5.54 Å². The Morgan fingerprint density at radius 1 is 1.10 bits per heavy atom. The Hall–Kier alpha value is -4.51. The molecule has 1 aliphatic heterocycles. The van der Waals surface area contributed by atoms with Gasteiger partial charge in [0.15, 0.2) is 11.5 Å². The van der Waals surface area contributed by atoms with E-state index in [0.717, 1.165) is 56.0 Å². The Bertz CT molecular complexity index is 1680. The molecule has 0 radical (unpaired) electrons. The second-order valence-corrected chi connectivity index (χ2v) is 11.1. The second kappa shape index (κ2) is 10.5. The number of carbonyl (C=O) groups excluding carboxylic acids is 1. The normalized spacial score (nSPS) is 18.9. The highest BCUT2D eigenvalue weighted by Gasteiger charge is 2.37. The van der Waals surface area contributed by atoms with Crippen molar-refractivity contribution in [2.75, 3.05) is 43.4 Å². The molecule has 1 atom stereocenters. The molecule has 0 unspecified atom stereocenters. The van der Waals surface area contributed by atoms with Crippen molar-refractivity contribution in [3.8, 4) is 5.82 Å². The second-order valence-electron chi connectivity index (χ2n) is 11.1. The van der Waals surface area contributed by atoms with Gasteiger partial charge in [0.2, 0.25) is 11.9 Å². The first kappa shape index (κ1) is 26.7. The van der Waals surface area contributed by atoms with Gasteiger partial charge in [-0.1, -0.05) is 12.1 Å². The number of rotatable bonds is 7. The van der Waals surface area contributed by atoms with Gasteiger partial charge in [0, 0.05) is 50.7 Å². The molecule has 212 valence electrons. The number of aryl methyl sites for hydroxylation is 1. The largest absolute Gasteiger partial charge is 0.369 e. The maximum Gasteiger partial charge on any atom is 0.278 e. The van der Waals surface area contributed by atoms with Crippen LogP contribution in [-0.2, 0) is 23.3 Å². The third-order valence-electron chi connectivity index (χ3n) is 8.02. The number of anilines is 3. The van der Waals surface area contributed by atoms with Crippen molar-refractivity contribution in [2.24, 2.45) is 0 Å². The number of aromatic nitrogens is 5. The predicted molar refractivity (Wildman–Crippen MR) is 160 cm³/mol. The van der Waals surface area contributed by atoms with Crippen molar-refractivity contribution in [3.63, 3.8) is 0 Å². The Kier molecular flexibility index (Phi) is 6.82. The van der Waals surface area contributed by atoms with E-state index in [-0.39, 0.29) is 18.0 Å². The molecule has 1 saturated heterocycles. The molecule has 1 amide bonds. The maximum absolute atomic E-state index is 13.4. The van der Waals surface area contributed by atoms with Crippen LogP contribution in [0, 0.1) is 0 Å². The van der Waals surface area contributed by atoms with Crippen LogP contribution in [-0.4, -0.2) is 68.3 Å². The number of piperazine rings is 1. The predicted octanol–water partition coefficient (Wildman–Crippen LogP) is 2.96. The molecule has 41 heavy (non-hydrogen) atoms. The van der Waals surface area contributed by atoms with Crippen LogP contribution in [0.4, 0.5) is 17.3 Å². The fourth-order valence-electron chi connectivity index (χ4n) is 5.85. The third-order valence-corrected chi connectivity index (χ3v) is 8.02. The summed E-state index contributed by atoms with van der Waals surface area (Å²) < 4.78 is 3.27. The Balaban J connectivity index is 1.36. The summed E-state index contributed by atoms with van der Waals surface area (Å²) >= 11 is 0. The van der Waals surface area contributed by atoms with Gasteiger partial charge in [-0.25, -0.2) is 19.3 Å². The Morgan fingerprint density at radius 3 is 2.56 bits per heavy atom. The highest BCUT2D eigenvalue weighted by atomic mass is 16.1. The number of hydrogen-bond acceptors (Lipinski definition) is 8. The van der Waals surface area contributed by atoms with Crippen LogP contribution in [0.2, 0.25) is 0 Å². The van der Waals surface area contributed by atoms with Gasteiger partial charge in [-0.15, -0.1) is 6.58 Å². The number of likely N-dealkylation sites (N-methyl/N-ethyl adjacent to an activating group) is 1. The summed E-state index contributed by atoms with van der Waals surface area (Å²) in [5.74, 6) is 0.804. The van der Waals surface area contributed by atoms with Crippen LogP contribution in [0.1, 0.15) is 31.5 Å². The van der Waals surface area contributed by atoms with Crippen LogP contribution in [0.3, 0.4) is 0 Å². The number of nitrogens with one attached hydrogen (secondary N) is 2. The van der Waals surface area contributed by atoms with Crippen molar-refractivity contribution >= 4 is 34.3 Å². The summed E-state index contributed by atoms with van der Waals surface area (Å²) in [6, 6.07) is 12.1. The molecule has 0 saturated carbocycles. The molecular weight excluding hydrogens is 518 g/mol. The van der Waals surface area contributed by atoms with Crippen molar-refractivity contribution in [3.05, 3.63) is 76.9 Å². The molecule has 0 spiro atoms. The molecule has 11 heteroatoms. The number of amides is 1. The van der Waals surface area contributed by atoms with Gasteiger partial charge >= 0.3 is 0 Å². The number of benzene rings is 1. The highest BCUT2D eigenvalue weighted by molar-refractivity contribution is 5.77. The zero-order valence-electron chi connectivity index (χ0n) is 23.7. The smallest absolute Gasteiger partial charge is 0.278 e. The summed E-state index contributed by atoms with van der Waals surface area (Å²) in [5, 5.41) is 6.73. The summed E-state index contributed by atoms with van der Waals surface area (Å²) in [6.07, 6.45) is 4.79. The first-order valence-electron chi connectivity index (χ1n) is 14.0. The number of nitrogens with zero attached hydrogens (tertiary/aromatic N) is 7. The van der Waals surface area contributed by atoms with E-state index in [1.165, 1.54) is 12.6 Å². The molecule has 3 aromatic heterocycles. The fourth-order valence-corrected chi connectivity index (χ4v) is 5.85. The summed E-state index contributed by atoms with van der Waals surface area (Å²) in [4.78, 5) is 44.3. The number of allylic oxidation sites excluding steroid dienone is 1. The van der Waals surface area contributed by atoms with E-state index in [4.69, 9.17) is 9.97 Å². The van der Waals surface area contributed by atoms with Crippen LogP contribution < -0.4 is 21.1 Å². The third kappa shape index (κ3) is 4.97. The van der Waals surface area contributed by atoms with Crippen molar-refractivity contribution in [2.45, 2.75) is 38.8 Å². The standard InChI is InChI=1S/C30H35N9O2/c1-5-14-38-28(41)24-19-31-29(32-22-7-9-23(10-8-22)37-17-15-36(4)16-18-37)34-27(24)39(38)25-11-6-21-12-13-30(3,26(21)33-25)35-20(2)40/h5-11,19H,1,12-18H2,2-4H3,(H,35,40)(H,31,32,34)/t30-/m0/s1. The minimum Gasteiger partial charge on any atom is -0.369 e.